The molecule has 4 aliphatic rings. The molecule has 152 valence electrons. The van der Waals surface area contributed by atoms with Crippen LogP contribution in [-0.2, 0) is 6.54 Å². The Balaban J connectivity index is 1.08. The van der Waals surface area contributed by atoms with Crippen LogP contribution in [-0.4, -0.2) is 67.4 Å². The van der Waals surface area contributed by atoms with Crippen LogP contribution in [0.5, 0.6) is 11.5 Å². The number of fused-ring (bicyclic) bond motifs is 2. The van der Waals surface area contributed by atoms with Crippen molar-refractivity contribution in [2.24, 2.45) is 5.92 Å². The van der Waals surface area contributed by atoms with Crippen molar-refractivity contribution in [2.45, 2.75) is 37.9 Å². The SMILES string of the molecule is O=C(NC1CCC2CNNC2C1)N1CCN(Cc2ccc3c(c2)OCO3)CC1. The number of hydrazine groups is 1. The summed E-state index contributed by atoms with van der Waals surface area (Å²) in [4.78, 5) is 17.0. The molecule has 8 nitrogen and oxygen atoms in total. The van der Waals surface area contributed by atoms with E-state index in [9.17, 15) is 4.79 Å². The van der Waals surface area contributed by atoms with Gasteiger partial charge in [0.2, 0.25) is 6.79 Å². The highest BCUT2D eigenvalue weighted by Gasteiger charge is 2.35. The fraction of sp³-hybridized carbons (Fsp3) is 0.650. The van der Waals surface area contributed by atoms with Gasteiger partial charge in [0, 0.05) is 51.4 Å². The van der Waals surface area contributed by atoms with Crippen molar-refractivity contribution in [3.63, 3.8) is 0 Å². The van der Waals surface area contributed by atoms with E-state index < -0.39 is 0 Å². The number of urea groups is 1. The average Bonchev–Trinajstić information content (AvgIpc) is 3.36. The first-order chi connectivity index (χ1) is 13.7. The quantitative estimate of drug-likeness (QED) is 0.715. The molecule has 3 heterocycles. The third kappa shape index (κ3) is 3.76. The summed E-state index contributed by atoms with van der Waals surface area (Å²) in [5.41, 5.74) is 7.81. The molecule has 3 aliphatic heterocycles. The lowest BCUT2D eigenvalue weighted by atomic mass is 9.83. The summed E-state index contributed by atoms with van der Waals surface area (Å²) >= 11 is 0. The van der Waals surface area contributed by atoms with E-state index in [4.69, 9.17) is 9.47 Å². The van der Waals surface area contributed by atoms with Crippen LogP contribution in [0.4, 0.5) is 4.79 Å². The van der Waals surface area contributed by atoms with Crippen LogP contribution in [0, 0.1) is 5.92 Å². The number of benzene rings is 1. The van der Waals surface area contributed by atoms with Crippen molar-refractivity contribution in [3.05, 3.63) is 23.8 Å². The van der Waals surface area contributed by atoms with E-state index in [0.29, 0.717) is 18.8 Å². The van der Waals surface area contributed by atoms with Crippen LogP contribution in [0.2, 0.25) is 0 Å². The van der Waals surface area contributed by atoms with E-state index in [1.54, 1.807) is 0 Å². The lowest BCUT2D eigenvalue weighted by Gasteiger charge is -2.37. The second-order valence-electron chi connectivity index (χ2n) is 8.30. The van der Waals surface area contributed by atoms with Gasteiger partial charge < -0.3 is 19.7 Å². The number of nitrogens with one attached hydrogen (secondary N) is 3. The minimum Gasteiger partial charge on any atom is -0.454 e. The van der Waals surface area contributed by atoms with Crippen LogP contribution >= 0.6 is 0 Å². The lowest BCUT2D eigenvalue weighted by molar-refractivity contribution is 0.130. The molecule has 1 aromatic carbocycles. The predicted molar refractivity (Wildman–Crippen MR) is 104 cm³/mol. The molecule has 0 radical (unpaired) electrons. The molecule has 8 heteroatoms. The number of nitrogens with zero attached hydrogens (tertiary/aromatic N) is 2. The molecule has 0 bridgehead atoms. The van der Waals surface area contributed by atoms with Crippen molar-refractivity contribution in [2.75, 3.05) is 39.5 Å². The normalized spacial score (nSPS) is 29.6. The molecule has 1 aromatic rings. The molecule has 0 spiro atoms. The van der Waals surface area contributed by atoms with E-state index in [1.807, 2.05) is 11.0 Å². The van der Waals surface area contributed by atoms with Gasteiger partial charge in [-0.25, -0.2) is 4.79 Å². The second kappa shape index (κ2) is 7.77. The van der Waals surface area contributed by atoms with Crippen molar-refractivity contribution >= 4 is 6.03 Å². The van der Waals surface area contributed by atoms with E-state index in [0.717, 1.165) is 63.6 Å². The molecule has 28 heavy (non-hydrogen) atoms. The van der Waals surface area contributed by atoms with Crippen LogP contribution in [0.15, 0.2) is 18.2 Å². The monoisotopic (exact) mass is 387 g/mol. The van der Waals surface area contributed by atoms with Gasteiger partial charge in [0.1, 0.15) is 0 Å². The van der Waals surface area contributed by atoms with Crippen LogP contribution in [0.25, 0.3) is 0 Å². The zero-order valence-electron chi connectivity index (χ0n) is 16.2. The summed E-state index contributed by atoms with van der Waals surface area (Å²) in [5, 5.41) is 3.26. The molecular weight excluding hydrogens is 358 g/mol. The molecule has 3 N–H and O–H groups in total. The first-order valence-electron chi connectivity index (χ1n) is 10.4. The van der Waals surface area contributed by atoms with Crippen LogP contribution < -0.4 is 25.6 Å². The molecule has 3 fully saturated rings. The topological polar surface area (TPSA) is 78.1 Å². The van der Waals surface area contributed by atoms with Gasteiger partial charge in [-0.1, -0.05) is 6.07 Å². The maximum Gasteiger partial charge on any atom is 0.317 e. The second-order valence-corrected chi connectivity index (χ2v) is 8.30. The molecule has 0 aromatic heterocycles. The van der Waals surface area contributed by atoms with Gasteiger partial charge >= 0.3 is 6.03 Å². The zero-order chi connectivity index (χ0) is 18.9. The Labute approximate surface area is 165 Å². The zero-order valence-corrected chi connectivity index (χ0v) is 16.2. The van der Waals surface area contributed by atoms with Crippen molar-refractivity contribution < 1.29 is 14.3 Å². The average molecular weight is 387 g/mol. The van der Waals surface area contributed by atoms with Gasteiger partial charge in [0.25, 0.3) is 0 Å². The van der Waals surface area contributed by atoms with Gasteiger partial charge in [-0.2, -0.15) is 0 Å². The fourth-order valence-corrected chi connectivity index (χ4v) is 4.78. The summed E-state index contributed by atoms with van der Waals surface area (Å²) in [6.07, 6.45) is 3.28. The summed E-state index contributed by atoms with van der Waals surface area (Å²) in [5.74, 6) is 2.37. The van der Waals surface area contributed by atoms with E-state index in [2.05, 4.69) is 33.2 Å². The van der Waals surface area contributed by atoms with E-state index >= 15 is 0 Å². The molecule has 1 aliphatic carbocycles. The molecular formula is C20H29N5O3. The number of carbonyl (C=O) groups excluding carboxylic acids is 1. The van der Waals surface area contributed by atoms with Gasteiger partial charge in [-0.05, 0) is 42.9 Å². The van der Waals surface area contributed by atoms with Crippen molar-refractivity contribution in [1.29, 1.82) is 0 Å². The highest BCUT2D eigenvalue weighted by atomic mass is 16.7. The number of hydrogen-bond acceptors (Lipinski definition) is 6. The maximum atomic E-state index is 12.7. The third-order valence-corrected chi connectivity index (χ3v) is 6.48. The Morgan fingerprint density at radius 1 is 1.14 bits per heavy atom. The van der Waals surface area contributed by atoms with Gasteiger partial charge in [-0.3, -0.25) is 15.8 Å². The van der Waals surface area contributed by atoms with Crippen molar-refractivity contribution in [1.82, 2.24) is 26.0 Å². The minimum absolute atomic E-state index is 0.0946. The summed E-state index contributed by atoms with van der Waals surface area (Å²) in [6.45, 7) is 5.56. The summed E-state index contributed by atoms with van der Waals surface area (Å²) < 4.78 is 10.8. The van der Waals surface area contributed by atoms with Crippen LogP contribution in [0.1, 0.15) is 24.8 Å². The van der Waals surface area contributed by atoms with E-state index in [1.165, 1.54) is 12.0 Å². The molecule has 3 atom stereocenters. The number of piperazine rings is 1. The first-order valence-corrected chi connectivity index (χ1v) is 10.4. The van der Waals surface area contributed by atoms with Gasteiger partial charge in [0.05, 0.1) is 0 Å². The number of rotatable bonds is 3. The van der Waals surface area contributed by atoms with E-state index in [-0.39, 0.29) is 12.1 Å². The lowest BCUT2D eigenvalue weighted by Crippen LogP contribution is -2.54. The highest BCUT2D eigenvalue weighted by molar-refractivity contribution is 5.74. The Hall–Kier alpha value is -2.03. The Kier molecular flexibility index (Phi) is 5.00. The molecule has 3 unspecified atom stereocenters. The van der Waals surface area contributed by atoms with Gasteiger partial charge in [-0.15, -0.1) is 0 Å². The largest absolute Gasteiger partial charge is 0.454 e. The number of carbonyl (C=O) groups is 1. The van der Waals surface area contributed by atoms with Crippen LogP contribution in [0.3, 0.4) is 0 Å². The predicted octanol–water partition coefficient (Wildman–Crippen LogP) is 0.888. The highest BCUT2D eigenvalue weighted by Crippen LogP contribution is 2.33. The molecule has 2 saturated heterocycles. The fourth-order valence-electron chi connectivity index (χ4n) is 4.78. The molecule has 5 rings (SSSR count). The Morgan fingerprint density at radius 2 is 2.00 bits per heavy atom. The Bertz CT molecular complexity index is 722. The smallest absolute Gasteiger partial charge is 0.317 e. The molecule has 1 saturated carbocycles. The maximum absolute atomic E-state index is 12.7. The number of hydrogen-bond donors (Lipinski definition) is 3. The first kappa shape index (κ1) is 18.0. The number of amides is 2. The van der Waals surface area contributed by atoms with Gasteiger partial charge in [0.15, 0.2) is 11.5 Å². The molecule has 2 amide bonds. The minimum atomic E-state index is 0.0946. The summed E-state index contributed by atoms with van der Waals surface area (Å²) in [7, 11) is 0. The summed E-state index contributed by atoms with van der Waals surface area (Å²) in [6, 6.07) is 7.01. The third-order valence-electron chi connectivity index (χ3n) is 6.48. The number of ether oxygens (including phenoxy) is 2. The van der Waals surface area contributed by atoms with Crippen molar-refractivity contribution in [3.8, 4) is 11.5 Å². The standard InChI is InChI=1S/C20H29N5O3/c26-20(22-16-3-2-15-11-21-23-17(15)10-16)25-7-5-24(6-8-25)12-14-1-4-18-19(9-14)28-13-27-18/h1,4,9,15-17,21,23H,2-3,5-8,10-13H2,(H,22,26). The Morgan fingerprint density at radius 3 is 2.89 bits per heavy atom.